The molecule has 0 aliphatic carbocycles. The van der Waals surface area contributed by atoms with E-state index in [1.807, 2.05) is 6.33 Å². The molecule has 1 saturated heterocycles. The first-order valence-electron chi connectivity index (χ1n) is 5.93. The first-order chi connectivity index (χ1) is 7.33. The van der Waals surface area contributed by atoms with Crippen LogP contribution in [0.2, 0.25) is 0 Å². The molecule has 1 aromatic heterocycles. The number of aromatic nitrogens is 3. The largest absolute Gasteiger partial charge is 0.315 e. The van der Waals surface area contributed by atoms with Gasteiger partial charge in [-0.05, 0) is 25.8 Å². The van der Waals surface area contributed by atoms with Crippen LogP contribution in [0.5, 0.6) is 0 Å². The molecule has 2 atom stereocenters. The van der Waals surface area contributed by atoms with Crippen molar-refractivity contribution in [2.45, 2.75) is 45.1 Å². The predicted octanol–water partition coefficient (Wildman–Crippen LogP) is 1.72. The second-order valence-corrected chi connectivity index (χ2v) is 4.41. The van der Waals surface area contributed by atoms with Crippen LogP contribution in [0.4, 0.5) is 0 Å². The van der Waals surface area contributed by atoms with E-state index in [0.29, 0.717) is 12.0 Å². The third kappa shape index (κ3) is 2.20. The van der Waals surface area contributed by atoms with E-state index >= 15 is 0 Å². The molecule has 1 aliphatic rings. The van der Waals surface area contributed by atoms with Gasteiger partial charge in [0.05, 0.1) is 0 Å². The highest BCUT2D eigenvalue weighted by Gasteiger charge is 2.20. The van der Waals surface area contributed by atoms with E-state index in [1.54, 1.807) is 0 Å². The summed E-state index contributed by atoms with van der Waals surface area (Å²) in [5.74, 6) is 1.65. The number of hydrogen-bond acceptors (Lipinski definition) is 3. The number of nitrogens with zero attached hydrogens (tertiary/aromatic N) is 3. The van der Waals surface area contributed by atoms with Crippen LogP contribution in [0.25, 0.3) is 0 Å². The monoisotopic (exact) mass is 208 g/mol. The molecule has 0 bridgehead atoms. The summed E-state index contributed by atoms with van der Waals surface area (Å²) in [6, 6.07) is 0.553. The molecule has 0 radical (unpaired) electrons. The molecule has 2 rings (SSSR count). The zero-order valence-electron chi connectivity index (χ0n) is 9.61. The Bertz CT molecular complexity index is 301. The highest BCUT2D eigenvalue weighted by molar-refractivity contribution is 4.97. The third-order valence-electron chi connectivity index (χ3n) is 3.32. The van der Waals surface area contributed by atoms with Crippen molar-refractivity contribution in [3.05, 3.63) is 12.2 Å². The van der Waals surface area contributed by atoms with Crippen LogP contribution in [0.3, 0.4) is 0 Å². The zero-order chi connectivity index (χ0) is 10.7. The molecule has 0 amide bonds. The molecule has 4 nitrogen and oxygen atoms in total. The standard InChI is InChI=1S/C11H20N4/c1-3-9(2)11-14-13-8-15(11)10-5-4-6-12-7-10/h8-10,12H,3-7H2,1-2H3. The van der Waals surface area contributed by atoms with Gasteiger partial charge >= 0.3 is 0 Å². The summed E-state index contributed by atoms with van der Waals surface area (Å²) in [5.41, 5.74) is 0. The van der Waals surface area contributed by atoms with Crippen molar-refractivity contribution in [3.8, 4) is 0 Å². The van der Waals surface area contributed by atoms with Gasteiger partial charge in [-0.2, -0.15) is 0 Å². The van der Waals surface area contributed by atoms with Gasteiger partial charge in [0.15, 0.2) is 0 Å². The van der Waals surface area contributed by atoms with E-state index < -0.39 is 0 Å². The maximum Gasteiger partial charge on any atom is 0.135 e. The van der Waals surface area contributed by atoms with Crippen molar-refractivity contribution in [3.63, 3.8) is 0 Å². The maximum absolute atomic E-state index is 4.25. The summed E-state index contributed by atoms with van der Waals surface area (Å²) in [6.07, 6.45) is 5.51. The second-order valence-electron chi connectivity index (χ2n) is 4.41. The second kappa shape index (κ2) is 4.75. The van der Waals surface area contributed by atoms with Gasteiger partial charge in [-0.25, -0.2) is 0 Å². The van der Waals surface area contributed by atoms with Gasteiger partial charge in [0.1, 0.15) is 12.2 Å². The Morgan fingerprint density at radius 3 is 3.20 bits per heavy atom. The van der Waals surface area contributed by atoms with Gasteiger partial charge in [0.2, 0.25) is 0 Å². The minimum Gasteiger partial charge on any atom is -0.315 e. The lowest BCUT2D eigenvalue weighted by molar-refractivity contribution is 0.357. The summed E-state index contributed by atoms with van der Waals surface area (Å²) >= 11 is 0. The SMILES string of the molecule is CCC(C)c1nncn1C1CCCNC1. The average Bonchev–Trinajstić information content (AvgIpc) is 2.78. The van der Waals surface area contributed by atoms with Gasteiger partial charge in [0.25, 0.3) is 0 Å². The van der Waals surface area contributed by atoms with E-state index in [-0.39, 0.29) is 0 Å². The van der Waals surface area contributed by atoms with Gasteiger partial charge in [-0.1, -0.05) is 13.8 Å². The minimum atomic E-state index is 0.509. The topological polar surface area (TPSA) is 42.7 Å². The molecule has 0 saturated carbocycles. The Hall–Kier alpha value is -0.900. The lowest BCUT2D eigenvalue weighted by atomic mass is 10.0. The average molecular weight is 208 g/mol. The van der Waals surface area contributed by atoms with Crippen LogP contribution < -0.4 is 5.32 Å². The Labute approximate surface area is 91.1 Å². The maximum atomic E-state index is 4.25. The zero-order valence-corrected chi connectivity index (χ0v) is 9.61. The van der Waals surface area contributed by atoms with E-state index in [9.17, 15) is 0 Å². The van der Waals surface area contributed by atoms with Crippen molar-refractivity contribution >= 4 is 0 Å². The Balaban J connectivity index is 2.15. The summed E-state index contributed by atoms with van der Waals surface area (Å²) in [5, 5.41) is 11.7. The first kappa shape index (κ1) is 10.6. The molecule has 84 valence electrons. The van der Waals surface area contributed by atoms with Crippen LogP contribution in [0, 0.1) is 0 Å². The van der Waals surface area contributed by atoms with Crippen molar-refractivity contribution in [1.29, 1.82) is 0 Å². The van der Waals surface area contributed by atoms with Crippen LogP contribution >= 0.6 is 0 Å². The van der Waals surface area contributed by atoms with Crippen molar-refractivity contribution < 1.29 is 0 Å². The normalized spacial score (nSPS) is 24.0. The van der Waals surface area contributed by atoms with Gasteiger partial charge in [0, 0.05) is 18.5 Å². The van der Waals surface area contributed by atoms with E-state index in [0.717, 1.165) is 25.3 Å². The Morgan fingerprint density at radius 1 is 1.67 bits per heavy atom. The summed E-state index contributed by atoms with van der Waals surface area (Å²) in [4.78, 5) is 0. The molecule has 1 fully saturated rings. The number of hydrogen-bond donors (Lipinski definition) is 1. The molecule has 1 N–H and O–H groups in total. The predicted molar refractivity (Wildman–Crippen MR) is 59.9 cm³/mol. The highest BCUT2D eigenvalue weighted by Crippen LogP contribution is 2.23. The molecular formula is C11H20N4. The summed E-state index contributed by atoms with van der Waals surface area (Å²) in [6.45, 7) is 6.62. The van der Waals surface area contributed by atoms with Crippen LogP contribution in [-0.2, 0) is 0 Å². The van der Waals surface area contributed by atoms with E-state index in [2.05, 4.69) is 33.9 Å². The Kier molecular flexibility index (Phi) is 3.36. The fraction of sp³-hybridized carbons (Fsp3) is 0.818. The first-order valence-corrected chi connectivity index (χ1v) is 5.93. The molecule has 4 heteroatoms. The highest BCUT2D eigenvalue weighted by atomic mass is 15.3. The number of nitrogens with one attached hydrogen (secondary N) is 1. The quantitative estimate of drug-likeness (QED) is 0.822. The number of piperidine rings is 1. The molecular weight excluding hydrogens is 188 g/mol. The van der Waals surface area contributed by atoms with Crippen LogP contribution in [-0.4, -0.2) is 27.9 Å². The molecule has 2 unspecified atom stereocenters. The lowest BCUT2D eigenvalue weighted by Gasteiger charge is -2.26. The molecule has 15 heavy (non-hydrogen) atoms. The number of rotatable bonds is 3. The van der Waals surface area contributed by atoms with Crippen LogP contribution in [0.15, 0.2) is 6.33 Å². The fourth-order valence-corrected chi connectivity index (χ4v) is 2.14. The molecule has 0 aromatic carbocycles. The van der Waals surface area contributed by atoms with Gasteiger partial charge in [-0.3, -0.25) is 0 Å². The molecule has 1 aliphatic heterocycles. The van der Waals surface area contributed by atoms with Gasteiger partial charge < -0.3 is 9.88 Å². The summed E-state index contributed by atoms with van der Waals surface area (Å²) < 4.78 is 2.26. The molecule has 1 aromatic rings. The van der Waals surface area contributed by atoms with Crippen molar-refractivity contribution in [2.75, 3.05) is 13.1 Å². The fourth-order valence-electron chi connectivity index (χ4n) is 2.14. The Morgan fingerprint density at radius 2 is 2.53 bits per heavy atom. The third-order valence-corrected chi connectivity index (χ3v) is 3.32. The van der Waals surface area contributed by atoms with Crippen molar-refractivity contribution in [1.82, 2.24) is 20.1 Å². The smallest absolute Gasteiger partial charge is 0.135 e. The van der Waals surface area contributed by atoms with Gasteiger partial charge in [-0.15, -0.1) is 10.2 Å². The molecule has 2 heterocycles. The minimum absolute atomic E-state index is 0.509. The molecule has 0 spiro atoms. The van der Waals surface area contributed by atoms with E-state index in [4.69, 9.17) is 0 Å². The van der Waals surface area contributed by atoms with Crippen molar-refractivity contribution in [2.24, 2.45) is 0 Å². The van der Waals surface area contributed by atoms with Crippen LogP contribution in [0.1, 0.15) is 50.9 Å². The van der Waals surface area contributed by atoms with E-state index in [1.165, 1.54) is 12.8 Å². The lowest BCUT2D eigenvalue weighted by Crippen LogP contribution is -2.32. The summed E-state index contributed by atoms with van der Waals surface area (Å²) in [7, 11) is 0.